The number of fused-ring (bicyclic) bond motifs is 1. The maximum atomic E-state index is 12.5. The van der Waals surface area contributed by atoms with Gasteiger partial charge in [-0.3, -0.25) is 4.79 Å². The first-order valence-corrected chi connectivity index (χ1v) is 7.13. The van der Waals surface area contributed by atoms with Gasteiger partial charge in [-0.25, -0.2) is 0 Å². The Hall–Kier alpha value is -2.75. The first-order chi connectivity index (χ1) is 10.6. The number of carbonyl (C=O) groups excluding carboxylic acids is 1. The number of rotatable bonds is 3. The van der Waals surface area contributed by atoms with Crippen LogP contribution in [0.4, 0.5) is 5.69 Å². The molecular weight excluding hydrogens is 276 g/mol. The van der Waals surface area contributed by atoms with E-state index < -0.39 is 0 Å². The van der Waals surface area contributed by atoms with Crippen LogP contribution in [0.1, 0.15) is 21.6 Å². The molecule has 0 atom stereocenters. The number of carbonyl (C=O) groups is 1. The number of hydrogen-bond acceptors (Lipinski definition) is 2. The molecule has 112 valence electrons. The van der Waals surface area contributed by atoms with E-state index >= 15 is 0 Å². The van der Waals surface area contributed by atoms with Gasteiger partial charge in [0.15, 0.2) is 0 Å². The molecular formula is C18H18N2O2. The second kappa shape index (κ2) is 5.56. The molecule has 1 heterocycles. The molecule has 0 fully saturated rings. The number of H-pyrrole nitrogens is 1. The van der Waals surface area contributed by atoms with Crippen molar-refractivity contribution in [3.05, 3.63) is 59.3 Å². The summed E-state index contributed by atoms with van der Waals surface area (Å²) in [4.78, 5) is 15.7. The summed E-state index contributed by atoms with van der Waals surface area (Å²) >= 11 is 0. The monoisotopic (exact) mass is 294 g/mol. The van der Waals surface area contributed by atoms with Crippen molar-refractivity contribution in [3.8, 4) is 5.75 Å². The van der Waals surface area contributed by atoms with Crippen LogP contribution < -0.4 is 10.1 Å². The van der Waals surface area contributed by atoms with E-state index in [-0.39, 0.29) is 5.91 Å². The van der Waals surface area contributed by atoms with Crippen molar-refractivity contribution >= 4 is 22.5 Å². The van der Waals surface area contributed by atoms with Gasteiger partial charge in [-0.1, -0.05) is 18.2 Å². The van der Waals surface area contributed by atoms with Crippen LogP contribution in [0.15, 0.2) is 42.5 Å². The molecule has 3 aromatic rings. The number of aromatic nitrogens is 1. The van der Waals surface area contributed by atoms with Gasteiger partial charge in [0.25, 0.3) is 5.91 Å². The highest BCUT2D eigenvalue weighted by Gasteiger charge is 2.15. The van der Waals surface area contributed by atoms with Crippen LogP contribution in [-0.4, -0.2) is 18.0 Å². The van der Waals surface area contributed by atoms with E-state index in [9.17, 15) is 4.79 Å². The molecule has 0 saturated carbocycles. The van der Waals surface area contributed by atoms with Gasteiger partial charge >= 0.3 is 0 Å². The minimum Gasteiger partial charge on any atom is -0.497 e. The number of ether oxygens (including phenoxy) is 1. The number of aryl methyl sites for hydroxylation is 2. The topological polar surface area (TPSA) is 54.1 Å². The van der Waals surface area contributed by atoms with Crippen molar-refractivity contribution in [2.24, 2.45) is 0 Å². The number of amides is 1. The van der Waals surface area contributed by atoms with Crippen molar-refractivity contribution in [2.45, 2.75) is 13.8 Å². The summed E-state index contributed by atoms with van der Waals surface area (Å²) in [5, 5.41) is 3.98. The Morgan fingerprint density at radius 1 is 1.14 bits per heavy atom. The molecule has 4 nitrogen and oxygen atoms in total. The molecule has 0 radical (unpaired) electrons. The molecule has 0 aliphatic rings. The van der Waals surface area contributed by atoms with Crippen molar-refractivity contribution in [1.82, 2.24) is 4.98 Å². The highest BCUT2D eigenvalue weighted by molar-refractivity contribution is 6.08. The van der Waals surface area contributed by atoms with E-state index in [0.29, 0.717) is 5.69 Å². The van der Waals surface area contributed by atoms with Crippen LogP contribution in [0.3, 0.4) is 0 Å². The third-order valence-corrected chi connectivity index (χ3v) is 3.89. The lowest BCUT2D eigenvalue weighted by Gasteiger charge is -2.07. The second-order valence-electron chi connectivity index (χ2n) is 5.31. The van der Waals surface area contributed by atoms with Crippen LogP contribution in [0.2, 0.25) is 0 Å². The predicted molar refractivity (Wildman–Crippen MR) is 88.7 cm³/mol. The van der Waals surface area contributed by atoms with E-state index in [0.717, 1.165) is 33.5 Å². The molecule has 0 spiro atoms. The zero-order valence-corrected chi connectivity index (χ0v) is 12.9. The number of para-hydroxylation sites is 1. The fourth-order valence-corrected chi connectivity index (χ4v) is 2.57. The van der Waals surface area contributed by atoms with Crippen molar-refractivity contribution < 1.29 is 9.53 Å². The molecule has 4 heteroatoms. The van der Waals surface area contributed by atoms with Crippen molar-refractivity contribution in [1.29, 1.82) is 0 Å². The van der Waals surface area contributed by atoms with E-state index in [1.807, 2.05) is 56.3 Å². The molecule has 22 heavy (non-hydrogen) atoms. The normalized spacial score (nSPS) is 10.7. The van der Waals surface area contributed by atoms with Gasteiger partial charge in [-0.05, 0) is 43.2 Å². The summed E-state index contributed by atoms with van der Waals surface area (Å²) in [6, 6.07) is 13.5. The van der Waals surface area contributed by atoms with Crippen molar-refractivity contribution in [3.63, 3.8) is 0 Å². The number of methoxy groups -OCH3 is 1. The molecule has 2 aromatic carbocycles. The Labute approximate surface area is 129 Å². The Morgan fingerprint density at radius 3 is 2.64 bits per heavy atom. The standard InChI is InChI=1S/C18H18N2O2/c1-11-6-4-5-7-15(11)20-18(21)17-12(2)14-9-8-13(22-3)10-16(14)19-17/h4-10,19H,1-3H3,(H,20,21). The summed E-state index contributed by atoms with van der Waals surface area (Å²) in [5.41, 5.74) is 4.26. The summed E-state index contributed by atoms with van der Waals surface area (Å²) in [6.45, 7) is 3.91. The van der Waals surface area contributed by atoms with Crippen molar-refractivity contribution in [2.75, 3.05) is 12.4 Å². The highest BCUT2D eigenvalue weighted by Crippen LogP contribution is 2.26. The SMILES string of the molecule is COc1ccc2c(C)c(C(=O)Nc3ccccc3C)[nH]c2c1. The fraction of sp³-hybridized carbons (Fsp3) is 0.167. The molecule has 0 unspecified atom stereocenters. The number of anilines is 1. The lowest BCUT2D eigenvalue weighted by atomic mass is 10.1. The van der Waals surface area contributed by atoms with Gasteiger partial charge in [-0.15, -0.1) is 0 Å². The lowest BCUT2D eigenvalue weighted by Crippen LogP contribution is -2.14. The Balaban J connectivity index is 1.97. The van der Waals surface area contributed by atoms with Gasteiger partial charge in [0.1, 0.15) is 11.4 Å². The van der Waals surface area contributed by atoms with E-state index in [2.05, 4.69) is 10.3 Å². The smallest absolute Gasteiger partial charge is 0.272 e. The highest BCUT2D eigenvalue weighted by atomic mass is 16.5. The zero-order valence-electron chi connectivity index (χ0n) is 12.9. The van der Waals surface area contributed by atoms with Gasteiger partial charge in [0.2, 0.25) is 0 Å². The molecule has 1 amide bonds. The molecule has 0 aliphatic heterocycles. The van der Waals surface area contributed by atoms with Gasteiger partial charge < -0.3 is 15.0 Å². The summed E-state index contributed by atoms with van der Waals surface area (Å²) in [7, 11) is 1.63. The molecule has 0 aliphatic carbocycles. The minimum atomic E-state index is -0.137. The number of benzene rings is 2. The van der Waals surface area contributed by atoms with Crippen LogP contribution >= 0.6 is 0 Å². The second-order valence-corrected chi connectivity index (χ2v) is 5.31. The number of aromatic amines is 1. The van der Waals surface area contributed by atoms with E-state index in [1.165, 1.54) is 0 Å². The molecule has 1 aromatic heterocycles. The Kier molecular flexibility index (Phi) is 3.59. The van der Waals surface area contributed by atoms with Crippen LogP contribution in [-0.2, 0) is 0 Å². The molecule has 3 rings (SSSR count). The predicted octanol–water partition coefficient (Wildman–Crippen LogP) is 4.05. The Bertz CT molecular complexity index is 849. The number of hydrogen-bond donors (Lipinski definition) is 2. The first-order valence-electron chi connectivity index (χ1n) is 7.13. The third kappa shape index (κ3) is 2.44. The molecule has 0 bridgehead atoms. The first kappa shape index (κ1) is 14.2. The minimum absolute atomic E-state index is 0.137. The van der Waals surface area contributed by atoms with E-state index in [1.54, 1.807) is 7.11 Å². The maximum Gasteiger partial charge on any atom is 0.272 e. The van der Waals surface area contributed by atoms with Gasteiger partial charge in [0.05, 0.1) is 7.11 Å². The summed E-state index contributed by atoms with van der Waals surface area (Å²) in [5.74, 6) is 0.626. The molecule has 0 saturated heterocycles. The van der Waals surface area contributed by atoms with Gasteiger partial charge in [-0.2, -0.15) is 0 Å². The van der Waals surface area contributed by atoms with Gasteiger partial charge in [0, 0.05) is 22.7 Å². The quantitative estimate of drug-likeness (QED) is 0.765. The van der Waals surface area contributed by atoms with Crippen LogP contribution in [0.25, 0.3) is 10.9 Å². The largest absolute Gasteiger partial charge is 0.497 e. The average molecular weight is 294 g/mol. The average Bonchev–Trinajstić information content (AvgIpc) is 2.86. The third-order valence-electron chi connectivity index (χ3n) is 3.89. The maximum absolute atomic E-state index is 12.5. The fourth-order valence-electron chi connectivity index (χ4n) is 2.57. The lowest BCUT2D eigenvalue weighted by molar-refractivity contribution is 0.102. The summed E-state index contributed by atoms with van der Waals surface area (Å²) in [6.07, 6.45) is 0. The summed E-state index contributed by atoms with van der Waals surface area (Å²) < 4.78 is 5.22. The number of nitrogens with one attached hydrogen (secondary N) is 2. The molecule has 2 N–H and O–H groups in total. The van der Waals surface area contributed by atoms with Crippen LogP contribution in [0.5, 0.6) is 5.75 Å². The van der Waals surface area contributed by atoms with Crippen LogP contribution in [0, 0.1) is 13.8 Å². The Morgan fingerprint density at radius 2 is 1.91 bits per heavy atom. The zero-order chi connectivity index (χ0) is 15.7. The van der Waals surface area contributed by atoms with E-state index in [4.69, 9.17) is 4.74 Å².